The molecule has 11 heteroatoms. The number of alkyl halides is 3. The molecule has 0 bridgehead atoms. The maximum Gasteiger partial charge on any atom is 0.417 e. The highest BCUT2D eigenvalue weighted by Crippen LogP contribution is 2.37. The zero-order valence-electron chi connectivity index (χ0n) is 14.1. The van der Waals surface area contributed by atoms with Gasteiger partial charge >= 0.3 is 12.1 Å². The first-order valence-corrected chi connectivity index (χ1v) is 9.73. The second kappa shape index (κ2) is 7.55. The van der Waals surface area contributed by atoms with Crippen molar-refractivity contribution in [3.05, 3.63) is 29.8 Å². The molecule has 1 aliphatic heterocycles. The third kappa shape index (κ3) is 4.46. The van der Waals surface area contributed by atoms with E-state index in [1.165, 1.54) is 13.0 Å². The van der Waals surface area contributed by atoms with Gasteiger partial charge in [0.25, 0.3) is 0 Å². The van der Waals surface area contributed by atoms with Crippen molar-refractivity contribution in [1.82, 2.24) is 4.90 Å². The standard InChI is InChI=1S/C16H16F3NO5S2/c1-9(21)6-14(26)20-8-10(7-12(20)15(22)23)27(24,25)13-5-3-2-4-11(13)16(17,18)19/h2-5,10,12H,6-8H2,1H3,(H,22,23)/t10-,12+/m1/s1. The summed E-state index contributed by atoms with van der Waals surface area (Å²) in [5.74, 6) is -1.69. The number of carbonyl (C=O) groups excluding carboxylic acids is 1. The topological polar surface area (TPSA) is 91.8 Å². The molecule has 0 radical (unpaired) electrons. The van der Waals surface area contributed by atoms with Gasteiger partial charge in [-0.3, -0.25) is 4.79 Å². The van der Waals surface area contributed by atoms with Gasteiger partial charge in [0.05, 0.1) is 27.1 Å². The monoisotopic (exact) mass is 423 g/mol. The number of halogens is 3. The largest absolute Gasteiger partial charge is 0.480 e. The molecule has 1 fully saturated rings. The summed E-state index contributed by atoms with van der Waals surface area (Å²) in [6.07, 6.45) is -5.55. The van der Waals surface area contributed by atoms with Crippen LogP contribution in [0.3, 0.4) is 0 Å². The van der Waals surface area contributed by atoms with E-state index in [4.69, 9.17) is 12.2 Å². The predicted octanol–water partition coefficient (Wildman–Crippen LogP) is 2.31. The third-order valence-corrected chi connectivity index (χ3v) is 6.77. The Morgan fingerprint density at radius 3 is 2.41 bits per heavy atom. The molecular formula is C16H16F3NO5S2. The van der Waals surface area contributed by atoms with E-state index >= 15 is 0 Å². The highest BCUT2D eigenvalue weighted by Gasteiger charge is 2.46. The summed E-state index contributed by atoms with van der Waals surface area (Å²) in [6, 6.07) is 2.43. The Balaban J connectivity index is 2.42. The highest BCUT2D eigenvalue weighted by molar-refractivity contribution is 7.92. The van der Waals surface area contributed by atoms with Crippen LogP contribution in [0.4, 0.5) is 13.2 Å². The molecule has 2 atom stereocenters. The molecule has 1 heterocycles. The van der Waals surface area contributed by atoms with Crippen LogP contribution in [-0.2, 0) is 25.6 Å². The van der Waals surface area contributed by atoms with Crippen molar-refractivity contribution in [3.63, 3.8) is 0 Å². The Kier molecular flexibility index (Phi) is 5.95. The summed E-state index contributed by atoms with van der Waals surface area (Å²) in [5, 5.41) is 7.95. The lowest BCUT2D eigenvalue weighted by Crippen LogP contribution is -2.40. The fourth-order valence-electron chi connectivity index (χ4n) is 2.97. The van der Waals surface area contributed by atoms with Gasteiger partial charge in [-0.1, -0.05) is 24.4 Å². The Morgan fingerprint density at radius 2 is 1.89 bits per heavy atom. The van der Waals surface area contributed by atoms with Crippen LogP contribution in [0.2, 0.25) is 0 Å². The maximum absolute atomic E-state index is 13.2. The zero-order chi connectivity index (χ0) is 20.6. The Labute approximate surface area is 158 Å². The van der Waals surface area contributed by atoms with Crippen LogP contribution in [0.1, 0.15) is 25.3 Å². The van der Waals surface area contributed by atoms with Crippen molar-refractivity contribution in [1.29, 1.82) is 0 Å². The second-order valence-electron chi connectivity index (χ2n) is 6.18. The normalized spacial score (nSPS) is 20.5. The first-order chi connectivity index (χ1) is 12.4. The molecule has 1 aliphatic rings. The van der Waals surface area contributed by atoms with E-state index in [9.17, 15) is 36.3 Å². The number of rotatable bonds is 5. The number of benzene rings is 1. The Hall–Kier alpha value is -2.01. The van der Waals surface area contributed by atoms with Gasteiger partial charge in [0, 0.05) is 6.54 Å². The minimum atomic E-state index is -4.88. The van der Waals surface area contributed by atoms with Gasteiger partial charge in [-0.25, -0.2) is 13.2 Å². The number of likely N-dealkylation sites (tertiary alicyclic amines) is 1. The van der Waals surface area contributed by atoms with Crippen LogP contribution < -0.4 is 0 Å². The van der Waals surface area contributed by atoms with Crippen molar-refractivity contribution in [2.45, 2.75) is 42.1 Å². The minimum Gasteiger partial charge on any atom is -0.480 e. The number of carboxylic acids is 1. The van der Waals surface area contributed by atoms with Crippen molar-refractivity contribution in [2.24, 2.45) is 0 Å². The van der Waals surface area contributed by atoms with Gasteiger partial charge in [0.2, 0.25) is 0 Å². The molecule has 0 aliphatic carbocycles. The maximum atomic E-state index is 13.2. The van der Waals surface area contributed by atoms with Gasteiger partial charge < -0.3 is 10.0 Å². The van der Waals surface area contributed by atoms with Crippen LogP contribution >= 0.6 is 12.2 Å². The number of hydrogen-bond donors (Lipinski definition) is 1. The first kappa shape index (κ1) is 21.3. The Morgan fingerprint density at radius 1 is 1.30 bits per heavy atom. The number of carboxylic acid groups (broad SMARTS) is 1. The number of nitrogens with zero attached hydrogens (tertiary/aromatic N) is 1. The third-order valence-electron chi connectivity index (χ3n) is 4.21. The number of ketones is 1. The van der Waals surface area contributed by atoms with Gasteiger partial charge in [0.15, 0.2) is 9.84 Å². The quantitative estimate of drug-likeness (QED) is 0.727. The van der Waals surface area contributed by atoms with Crippen molar-refractivity contribution >= 4 is 38.8 Å². The molecule has 27 heavy (non-hydrogen) atoms. The van der Waals surface area contributed by atoms with E-state index in [2.05, 4.69) is 0 Å². The highest BCUT2D eigenvalue weighted by atomic mass is 32.2. The van der Waals surface area contributed by atoms with Crippen molar-refractivity contribution < 1.29 is 36.3 Å². The summed E-state index contributed by atoms with van der Waals surface area (Å²) >= 11 is 5.03. The average Bonchev–Trinajstić information content (AvgIpc) is 3.00. The fourth-order valence-corrected chi connectivity index (χ4v) is 5.29. The lowest BCUT2D eigenvalue weighted by molar-refractivity contribution is -0.141. The molecule has 0 saturated carbocycles. The van der Waals surface area contributed by atoms with Gasteiger partial charge in [-0.05, 0) is 25.5 Å². The molecule has 1 N–H and O–H groups in total. The second-order valence-corrected chi connectivity index (χ2v) is 8.84. The number of thiocarbonyl (C=S) groups is 1. The number of aliphatic carboxylic acids is 1. The van der Waals surface area contributed by atoms with E-state index in [-0.39, 0.29) is 17.2 Å². The van der Waals surface area contributed by atoms with Crippen molar-refractivity contribution in [2.75, 3.05) is 6.54 Å². The van der Waals surface area contributed by atoms with Crippen LogP contribution in [0.25, 0.3) is 0 Å². The summed E-state index contributed by atoms with van der Waals surface area (Å²) < 4.78 is 65.2. The molecule has 148 valence electrons. The molecular weight excluding hydrogens is 407 g/mol. The predicted molar refractivity (Wildman–Crippen MR) is 93.1 cm³/mol. The summed E-state index contributed by atoms with van der Waals surface area (Å²) in [4.78, 5) is 22.9. The van der Waals surface area contributed by atoms with Gasteiger partial charge in [-0.15, -0.1) is 0 Å². The SMILES string of the molecule is CC(=O)CC(=S)N1C[C@H](S(=O)(=O)c2ccccc2C(F)(F)F)C[C@H]1C(=O)O. The molecule has 0 amide bonds. The lowest BCUT2D eigenvalue weighted by Gasteiger charge is -2.23. The fraction of sp³-hybridized carbons (Fsp3) is 0.438. The number of sulfone groups is 1. The molecule has 0 spiro atoms. The molecule has 1 saturated heterocycles. The van der Waals surface area contributed by atoms with E-state index in [0.29, 0.717) is 6.07 Å². The van der Waals surface area contributed by atoms with Crippen LogP contribution in [0.5, 0.6) is 0 Å². The summed E-state index contributed by atoms with van der Waals surface area (Å²) in [7, 11) is -4.48. The van der Waals surface area contributed by atoms with Gasteiger partial charge in [-0.2, -0.15) is 13.2 Å². The van der Waals surface area contributed by atoms with Crippen LogP contribution in [0, 0.1) is 0 Å². The molecule has 2 rings (SSSR count). The molecule has 1 aromatic carbocycles. The lowest BCUT2D eigenvalue weighted by atomic mass is 10.2. The minimum absolute atomic E-state index is 0.0447. The van der Waals surface area contributed by atoms with Crippen molar-refractivity contribution in [3.8, 4) is 0 Å². The number of Topliss-reactive ketones (excluding diaryl/α,β-unsaturated/α-hetero) is 1. The molecule has 0 aromatic heterocycles. The Bertz CT molecular complexity index is 882. The molecule has 0 unspecified atom stereocenters. The molecule has 1 aromatic rings. The summed E-state index contributed by atoms with van der Waals surface area (Å²) in [6.45, 7) is 0.851. The van der Waals surface area contributed by atoms with E-state index < -0.39 is 56.7 Å². The van der Waals surface area contributed by atoms with Crippen LogP contribution in [-0.4, -0.2) is 53.0 Å². The number of carbonyl (C=O) groups is 2. The van der Waals surface area contributed by atoms with Crippen LogP contribution in [0.15, 0.2) is 29.2 Å². The molecule has 6 nitrogen and oxygen atoms in total. The van der Waals surface area contributed by atoms with E-state index in [1.54, 1.807) is 0 Å². The average molecular weight is 423 g/mol. The van der Waals surface area contributed by atoms with E-state index in [0.717, 1.165) is 17.0 Å². The summed E-state index contributed by atoms with van der Waals surface area (Å²) in [5.41, 5.74) is -1.30. The first-order valence-electron chi connectivity index (χ1n) is 7.77. The zero-order valence-corrected chi connectivity index (χ0v) is 15.7. The smallest absolute Gasteiger partial charge is 0.417 e. The van der Waals surface area contributed by atoms with Gasteiger partial charge in [0.1, 0.15) is 11.8 Å². The number of hydrogen-bond acceptors (Lipinski definition) is 5. The van der Waals surface area contributed by atoms with E-state index in [1.807, 2.05) is 0 Å².